The molecule has 5 nitrogen and oxygen atoms in total. The molecule has 0 unspecified atom stereocenters. The maximum Gasteiger partial charge on any atom is 0.254 e. The second-order valence-corrected chi connectivity index (χ2v) is 4.96. The van der Waals surface area contributed by atoms with Gasteiger partial charge < -0.3 is 5.32 Å². The third-order valence-electron chi connectivity index (χ3n) is 2.94. The second-order valence-electron chi connectivity index (χ2n) is 4.60. The second kappa shape index (κ2) is 6.52. The van der Waals surface area contributed by atoms with Crippen LogP contribution in [0.3, 0.4) is 0 Å². The Labute approximate surface area is 123 Å². The number of halogens is 1. The molecule has 0 fully saturated rings. The Morgan fingerprint density at radius 1 is 1.45 bits per heavy atom. The van der Waals surface area contributed by atoms with Crippen LogP contribution in [0.1, 0.15) is 28.2 Å². The fourth-order valence-corrected chi connectivity index (χ4v) is 2.19. The predicted molar refractivity (Wildman–Crippen MR) is 77.9 cm³/mol. The van der Waals surface area contributed by atoms with Crippen LogP contribution >= 0.6 is 11.6 Å². The van der Waals surface area contributed by atoms with Crippen LogP contribution in [0.2, 0.25) is 5.15 Å². The summed E-state index contributed by atoms with van der Waals surface area (Å²) in [6, 6.07) is 5.39. The van der Waals surface area contributed by atoms with Gasteiger partial charge in [-0.1, -0.05) is 11.6 Å². The molecule has 0 saturated carbocycles. The number of carbonyl (C=O) groups excluding carboxylic acids is 1. The number of aryl methyl sites for hydroxylation is 3. The van der Waals surface area contributed by atoms with Crippen molar-refractivity contribution >= 4 is 17.5 Å². The molecule has 1 N–H and O–H groups in total. The van der Waals surface area contributed by atoms with E-state index in [4.69, 9.17) is 11.6 Å². The smallest absolute Gasteiger partial charge is 0.254 e. The van der Waals surface area contributed by atoms with E-state index in [2.05, 4.69) is 15.4 Å². The van der Waals surface area contributed by atoms with Gasteiger partial charge >= 0.3 is 0 Å². The van der Waals surface area contributed by atoms with Crippen molar-refractivity contribution in [2.75, 3.05) is 6.54 Å². The van der Waals surface area contributed by atoms with Crippen LogP contribution < -0.4 is 5.32 Å². The molecule has 0 aliphatic rings. The normalized spacial score (nSPS) is 10.6. The first-order chi connectivity index (χ1) is 9.58. The van der Waals surface area contributed by atoms with Gasteiger partial charge in [0.25, 0.3) is 5.91 Å². The van der Waals surface area contributed by atoms with E-state index < -0.39 is 0 Å². The summed E-state index contributed by atoms with van der Waals surface area (Å²) in [5, 5.41) is 7.43. The summed E-state index contributed by atoms with van der Waals surface area (Å²) in [7, 11) is 0. The van der Waals surface area contributed by atoms with Crippen LogP contribution in [0.4, 0.5) is 0 Å². The SMILES string of the molecule is Cc1cc(C)n(CCCNC(=O)c2cccnc2Cl)n1. The monoisotopic (exact) mass is 292 g/mol. The lowest BCUT2D eigenvalue weighted by Gasteiger charge is -2.07. The summed E-state index contributed by atoms with van der Waals surface area (Å²) in [6.07, 6.45) is 2.37. The molecule has 2 aromatic rings. The molecule has 0 radical (unpaired) electrons. The molecule has 1 amide bonds. The average Bonchev–Trinajstić information content (AvgIpc) is 2.73. The summed E-state index contributed by atoms with van der Waals surface area (Å²) in [5.41, 5.74) is 2.54. The Kier molecular flexibility index (Phi) is 4.74. The minimum atomic E-state index is -0.198. The fourth-order valence-electron chi connectivity index (χ4n) is 1.98. The summed E-state index contributed by atoms with van der Waals surface area (Å²) >= 11 is 5.87. The molecule has 20 heavy (non-hydrogen) atoms. The van der Waals surface area contributed by atoms with Crippen molar-refractivity contribution in [2.24, 2.45) is 0 Å². The van der Waals surface area contributed by atoms with Gasteiger partial charge in [0, 0.05) is 25.0 Å². The van der Waals surface area contributed by atoms with Gasteiger partial charge in [-0.25, -0.2) is 4.98 Å². The highest BCUT2D eigenvalue weighted by molar-refractivity contribution is 6.32. The molecule has 0 aliphatic carbocycles. The summed E-state index contributed by atoms with van der Waals surface area (Å²) in [5.74, 6) is -0.198. The molecular formula is C14H17ClN4O. The first-order valence-corrected chi connectivity index (χ1v) is 6.85. The standard InChI is InChI=1S/C14H17ClN4O/c1-10-9-11(2)19(18-10)8-4-7-17-14(20)12-5-3-6-16-13(12)15/h3,5-6,9H,4,7-8H2,1-2H3,(H,17,20). The summed E-state index contributed by atoms with van der Waals surface area (Å²) < 4.78 is 1.94. The Balaban J connectivity index is 1.80. The molecule has 0 saturated heterocycles. The highest BCUT2D eigenvalue weighted by atomic mass is 35.5. The van der Waals surface area contributed by atoms with E-state index in [1.54, 1.807) is 18.3 Å². The van der Waals surface area contributed by atoms with Crippen molar-refractivity contribution in [3.63, 3.8) is 0 Å². The Hall–Kier alpha value is -1.88. The van der Waals surface area contributed by atoms with E-state index >= 15 is 0 Å². The van der Waals surface area contributed by atoms with Gasteiger partial charge in [0.15, 0.2) is 0 Å². The Bertz CT molecular complexity index is 609. The van der Waals surface area contributed by atoms with Gasteiger partial charge in [-0.3, -0.25) is 9.48 Å². The van der Waals surface area contributed by atoms with Crippen molar-refractivity contribution in [2.45, 2.75) is 26.8 Å². The largest absolute Gasteiger partial charge is 0.352 e. The zero-order valence-corrected chi connectivity index (χ0v) is 12.3. The summed E-state index contributed by atoms with van der Waals surface area (Å²) in [6.45, 7) is 5.34. The molecule has 0 spiro atoms. The molecule has 6 heteroatoms. The first-order valence-electron chi connectivity index (χ1n) is 6.47. The lowest BCUT2D eigenvalue weighted by molar-refractivity contribution is 0.0952. The van der Waals surface area contributed by atoms with E-state index in [0.717, 1.165) is 24.4 Å². The number of pyridine rings is 1. The van der Waals surface area contributed by atoms with Gasteiger partial charge in [-0.05, 0) is 38.5 Å². The molecule has 106 valence electrons. The van der Waals surface area contributed by atoms with Crippen LogP contribution in [-0.4, -0.2) is 27.2 Å². The average molecular weight is 293 g/mol. The highest BCUT2D eigenvalue weighted by Gasteiger charge is 2.09. The number of nitrogens with one attached hydrogen (secondary N) is 1. The molecular weight excluding hydrogens is 276 g/mol. The topological polar surface area (TPSA) is 59.8 Å². The minimum absolute atomic E-state index is 0.198. The number of aromatic nitrogens is 3. The molecule has 2 aromatic heterocycles. The third-order valence-corrected chi connectivity index (χ3v) is 3.24. The Morgan fingerprint density at radius 2 is 2.25 bits per heavy atom. The van der Waals surface area contributed by atoms with Crippen LogP contribution in [0.15, 0.2) is 24.4 Å². The van der Waals surface area contributed by atoms with Gasteiger partial charge in [0.1, 0.15) is 5.15 Å². The van der Waals surface area contributed by atoms with Crippen molar-refractivity contribution < 1.29 is 4.79 Å². The maximum absolute atomic E-state index is 11.9. The number of amides is 1. The third kappa shape index (κ3) is 3.57. The van der Waals surface area contributed by atoms with Gasteiger partial charge in [-0.15, -0.1) is 0 Å². The number of carbonyl (C=O) groups is 1. The number of rotatable bonds is 5. The zero-order chi connectivity index (χ0) is 14.5. The molecule has 2 heterocycles. The molecule has 0 aromatic carbocycles. The fraction of sp³-hybridized carbons (Fsp3) is 0.357. The van der Waals surface area contributed by atoms with Gasteiger partial charge in [-0.2, -0.15) is 5.10 Å². The first kappa shape index (κ1) is 14.5. The number of nitrogens with zero attached hydrogens (tertiary/aromatic N) is 3. The number of hydrogen-bond donors (Lipinski definition) is 1. The maximum atomic E-state index is 11.9. The van der Waals surface area contributed by atoms with E-state index in [9.17, 15) is 4.79 Å². The van der Waals surface area contributed by atoms with E-state index in [-0.39, 0.29) is 11.1 Å². The predicted octanol–water partition coefficient (Wildman–Crippen LogP) is 2.37. The van der Waals surface area contributed by atoms with Crippen molar-refractivity contribution in [3.05, 3.63) is 46.5 Å². The van der Waals surface area contributed by atoms with Crippen molar-refractivity contribution in [1.29, 1.82) is 0 Å². The van der Waals surface area contributed by atoms with Crippen molar-refractivity contribution in [3.8, 4) is 0 Å². The van der Waals surface area contributed by atoms with Crippen LogP contribution in [0, 0.1) is 13.8 Å². The van der Waals surface area contributed by atoms with E-state index in [1.807, 2.05) is 24.6 Å². The van der Waals surface area contributed by atoms with Crippen LogP contribution in [0.25, 0.3) is 0 Å². The van der Waals surface area contributed by atoms with Gasteiger partial charge in [0.2, 0.25) is 0 Å². The molecule has 0 bridgehead atoms. The Morgan fingerprint density at radius 3 is 2.90 bits per heavy atom. The van der Waals surface area contributed by atoms with Crippen LogP contribution in [0.5, 0.6) is 0 Å². The zero-order valence-electron chi connectivity index (χ0n) is 11.6. The molecule has 2 rings (SSSR count). The lowest BCUT2D eigenvalue weighted by atomic mass is 10.2. The molecule has 0 atom stereocenters. The number of hydrogen-bond acceptors (Lipinski definition) is 3. The quantitative estimate of drug-likeness (QED) is 0.680. The lowest BCUT2D eigenvalue weighted by Crippen LogP contribution is -2.25. The highest BCUT2D eigenvalue weighted by Crippen LogP contribution is 2.10. The van der Waals surface area contributed by atoms with E-state index in [1.165, 1.54) is 0 Å². The van der Waals surface area contributed by atoms with E-state index in [0.29, 0.717) is 12.1 Å². The van der Waals surface area contributed by atoms with Crippen LogP contribution in [-0.2, 0) is 6.54 Å². The minimum Gasteiger partial charge on any atom is -0.352 e. The van der Waals surface area contributed by atoms with Crippen molar-refractivity contribution in [1.82, 2.24) is 20.1 Å². The molecule has 0 aliphatic heterocycles. The summed E-state index contributed by atoms with van der Waals surface area (Å²) in [4.78, 5) is 15.8. The van der Waals surface area contributed by atoms with Gasteiger partial charge in [0.05, 0.1) is 11.3 Å².